The van der Waals surface area contributed by atoms with Crippen molar-refractivity contribution in [3.05, 3.63) is 35.9 Å². The van der Waals surface area contributed by atoms with Crippen molar-refractivity contribution in [1.82, 2.24) is 10.6 Å². The van der Waals surface area contributed by atoms with Gasteiger partial charge in [0.15, 0.2) is 0 Å². The fourth-order valence-corrected chi connectivity index (χ4v) is 1.62. The van der Waals surface area contributed by atoms with E-state index in [1.807, 2.05) is 37.3 Å². The number of amides is 1. The van der Waals surface area contributed by atoms with E-state index in [2.05, 4.69) is 10.6 Å². The van der Waals surface area contributed by atoms with Crippen LogP contribution in [0.3, 0.4) is 0 Å². The summed E-state index contributed by atoms with van der Waals surface area (Å²) in [5.41, 5.74) is 1.15. The molecular formula is C11H14N2O. The van der Waals surface area contributed by atoms with Crippen LogP contribution >= 0.6 is 0 Å². The number of carbonyl (C=O) groups is 1. The van der Waals surface area contributed by atoms with E-state index in [1.165, 1.54) is 0 Å². The molecule has 1 aliphatic rings. The quantitative estimate of drug-likeness (QED) is 0.689. The Kier molecular flexibility index (Phi) is 2.50. The van der Waals surface area contributed by atoms with Crippen molar-refractivity contribution in [2.45, 2.75) is 19.0 Å². The van der Waals surface area contributed by atoms with Crippen LogP contribution < -0.4 is 10.6 Å². The molecule has 0 spiro atoms. The Labute approximate surface area is 83.5 Å². The fourth-order valence-electron chi connectivity index (χ4n) is 1.62. The minimum Gasteiger partial charge on any atom is -0.347 e. The molecule has 0 aromatic heterocycles. The Morgan fingerprint density at radius 3 is 2.64 bits per heavy atom. The predicted octanol–water partition coefficient (Wildman–Crippen LogP) is 0.836. The molecule has 1 aromatic carbocycles. The molecule has 3 nitrogen and oxygen atoms in total. The number of piperazine rings is 1. The van der Waals surface area contributed by atoms with E-state index in [9.17, 15) is 4.79 Å². The summed E-state index contributed by atoms with van der Waals surface area (Å²) >= 11 is 0. The number of rotatable bonds is 1. The molecule has 0 unspecified atom stereocenters. The van der Waals surface area contributed by atoms with Crippen molar-refractivity contribution in [2.24, 2.45) is 0 Å². The van der Waals surface area contributed by atoms with E-state index in [-0.39, 0.29) is 18.0 Å². The normalized spacial score (nSPS) is 27.1. The summed E-state index contributed by atoms with van der Waals surface area (Å²) in [4.78, 5) is 11.4. The Bertz CT molecular complexity index is 323. The smallest absolute Gasteiger partial charge is 0.237 e. The molecule has 0 bridgehead atoms. The van der Waals surface area contributed by atoms with Gasteiger partial charge in [-0.3, -0.25) is 4.79 Å². The van der Waals surface area contributed by atoms with Crippen molar-refractivity contribution in [2.75, 3.05) is 6.54 Å². The van der Waals surface area contributed by atoms with Crippen LogP contribution in [0.5, 0.6) is 0 Å². The molecule has 14 heavy (non-hydrogen) atoms. The van der Waals surface area contributed by atoms with Gasteiger partial charge in [-0.05, 0) is 12.5 Å². The fraction of sp³-hybridized carbons (Fsp3) is 0.364. The lowest BCUT2D eigenvalue weighted by molar-refractivity contribution is -0.125. The zero-order chi connectivity index (χ0) is 9.97. The zero-order valence-corrected chi connectivity index (χ0v) is 8.16. The molecule has 0 radical (unpaired) electrons. The highest BCUT2D eigenvalue weighted by molar-refractivity contribution is 5.82. The summed E-state index contributed by atoms with van der Waals surface area (Å²) in [6.07, 6.45) is 0. The van der Waals surface area contributed by atoms with Crippen LogP contribution in [0.15, 0.2) is 30.3 Å². The summed E-state index contributed by atoms with van der Waals surface area (Å²) in [5.74, 6) is 0.0742. The first-order valence-corrected chi connectivity index (χ1v) is 4.86. The first-order chi connectivity index (χ1) is 6.77. The largest absolute Gasteiger partial charge is 0.347 e. The molecule has 1 fully saturated rings. The highest BCUT2D eigenvalue weighted by Crippen LogP contribution is 2.14. The van der Waals surface area contributed by atoms with E-state index >= 15 is 0 Å². The average Bonchev–Trinajstić information content (AvgIpc) is 2.23. The second-order valence-corrected chi connectivity index (χ2v) is 3.60. The van der Waals surface area contributed by atoms with Crippen LogP contribution in [0.4, 0.5) is 0 Å². The number of hydrogen-bond donors (Lipinski definition) is 2. The highest BCUT2D eigenvalue weighted by Gasteiger charge is 2.24. The van der Waals surface area contributed by atoms with Gasteiger partial charge in [0.05, 0.1) is 12.1 Å². The second-order valence-electron chi connectivity index (χ2n) is 3.60. The summed E-state index contributed by atoms with van der Waals surface area (Å²) in [5, 5.41) is 6.15. The maximum atomic E-state index is 11.4. The van der Waals surface area contributed by atoms with Crippen LogP contribution in [-0.2, 0) is 4.79 Å². The summed E-state index contributed by atoms with van der Waals surface area (Å²) in [7, 11) is 0. The van der Waals surface area contributed by atoms with Gasteiger partial charge < -0.3 is 10.6 Å². The van der Waals surface area contributed by atoms with Gasteiger partial charge in [0.2, 0.25) is 5.91 Å². The summed E-state index contributed by atoms with van der Waals surface area (Å²) in [6.45, 7) is 2.67. The number of benzene rings is 1. The molecule has 2 N–H and O–H groups in total. The standard InChI is InChI=1S/C11H14N2O/c1-8-11(14)13-10(7-12-8)9-5-3-2-4-6-9/h2-6,8,10,12H,7H2,1H3,(H,13,14)/t8-,10+/m0/s1. The third-order valence-electron chi connectivity index (χ3n) is 2.54. The third kappa shape index (κ3) is 1.77. The maximum absolute atomic E-state index is 11.4. The van der Waals surface area contributed by atoms with E-state index in [0.29, 0.717) is 0 Å². The molecule has 1 aromatic rings. The van der Waals surface area contributed by atoms with Gasteiger partial charge in [0.1, 0.15) is 0 Å². The van der Waals surface area contributed by atoms with Gasteiger partial charge in [0.25, 0.3) is 0 Å². The summed E-state index contributed by atoms with van der Waals surface area (Å²) < 4.78 is 0. The zero-order valence-electron chi connectivity index (χ0n) is 8.16. The molecule has 1 aliphatic heterocycles. The highest BCUT2D eigenvalue weighted by atomic mass is 16.2. The van der Waals surface area contributed by atoms with Crippen LogP contribution in [0.1, 0.15) is 18.5 Å². The van der Waals surface area contributed by atoms with Crippen molar-refractivity contribution in [3.8, 4) is 0 Å². The Morgan fingerprint density at radius 1 is 1.29 bits per heavy atom. The number of nitrogens with one attached hydrogen (secondary N) is 2. The average molecular weight is 190 g/mol. The predicted molar refractivity (Wildman–Crippen MR) is 54.8 cm³/mol. The topological polar surface area (TPSA) is 41.1 Å². The van der Waals surface area contributed by atoms with E-state index in [1.54, 1.807) is 0 Å². The van der Waals surface area contributed by atoms with Gasteiger partial charge in [-0.1, -0.05) is 30.3 Å². The third-order valence-corrected chi connectivity index (χ3v) is 2.54. The lowest BCUT2D eigenvalue weighted by atomic mass is 10.0. The lowest BCUT2D eigenvalue weighted by Crippen LogP contribution is -2.52. The van der Waals surface area contributed by atoms with Gasteiger partial charge >= 0.3 is 0 Å². The molecular weight excluding hydrogens is 176 g/mol. The van der Waals surface area contributed by atoms with E-state index in [4.69, 9.17) is 0 Å². The van der Waals surface area contributed by atoms with Crippen molar-refractivity contribution in [3.63, 3.8) is 0 Å². The molecule has 74 valence electrons. The van der Waals surface area contributed by atoms with E-state index < -0.39 is 0 Å². The first kappa shape index (κ1) is 9.21. The SMILES string of the molecule is C[C@@H]1NC[C@H](c2ccccc2)NC1=O. The lowest BCUT2D eigenvalue weighted by Gasteiger charge is -2.28. The van der Waals surface area contributed by atoms with E-state index in [0.717, 1.165) is 12.1 Å². The minimum atomic E-state index is -0.0741. The van der Waals surface area contributed by atoms with Crippen LogP contribution in [0, 0.1) is 0 Å². The number of carbonyl (C=O) groups excluding carboxylic acids is 1. The molecule has 1 saturated heterocycles. The van der Waals surface area contributed by atoms with Crippen LogP contribution in [0.25, 0.3) is 0 Å². The summed E-state index contributed by atoms with van der Waals surface area (Å²) in [6, 6.07) is 10.0. The van der Waals surface area contributed by atoms with Crippen molar-refractivity contribution in [1.29, 1.82) is 0 Å². The Morgan fingerprint density at radius 2 is 2.00 bits per heavy atom. The molecule has 0 saturated carbocycles. The van der Waals surface area contributed by atoms with Crippen LogP contribution in [-0.4, -0.2) is 18.5 Å². The molecule has 2 atom stereocenters. The van der Waals surface area contributed by atoms with Crippen LogP contribution in [0.2, 0.25) is 0 Å². The first-order valence-electron chi connectivity index (χ1n) is 4.86. The Hall–Kier alpha value is -1.35. The Balaban J connectivity index is 2.11. The minimum absolute atomic E-state index is 0.0741. The van der Waals surface area contributed by atoms with Gasteiger partial charge in [0, 0.05) is 6.54 Å². The van der Waals surface area contributed by atoms with Gasteiger partial charge in [-0.15, -0.1) is 0 Å². The maximum Gasteiger partial charge on any atom is 0.237 e. The molecule has 2 rings (SSSR count). The molecule has 0 aliphatic carbocycles. The van der Waals surface area contributed by atoms with Gasteiger partial charge in [-0.2, -0.15) is 0 Å². The monoisotopic (exact) mass is 190 g/mol. The van der Waals surface area contributed by atoms with Gasteiger partial charge in [-0.25, -0.2) is 0 Å². The second kappa shape index (κ2) is 3.80. The van der Waals surface area contributed by atoms with Crippen molar-refractivity contribution >= 4 is 5.91 Å². The molecule has 3 heteroatoms. The van der Waals surface area contributed by atoms with Crippen molar-refractivity contribution < 1.29 is 4.79 Å². The molecule has 1 heterocycles. The number of hydrogen-bond acceptors (Lipinski definition) is 2. The molecule has 1 amide bonds.